The Morgan fingerprint density at radius 3 is 2.30 bits per heavy atom. The molecule has 3 aromatic carbocycles. The molecule has 164 valence electrons. The predicted molar refractivity (Wildman–Crippen MR) is 126 cm³/mol. The zero-order valence-electron chi connectivity index (χ0n) is 17.5. The summed E-state index contributed by atoms with van der Waals surface area (Å²) in [6, 6.07) is 25.9. The van der Waals surface area contributed by atoms with E-state index in [0.717, 1.165) is 22.6 Å². The van der Waals surface area contributed by atoms with Crippen LogP contribution in [0.1, 0.15) is 23.7 Å². The van der Waals surface area contributed by atoms with Crippen LogP contribution in [0.4, 0.5) is 11.6 Å². The Bertz CT molecular complexity index is 1390. The fraction of sp³-hybridized carbons (Fsp3) is 0.0800. The molecule has 1 unspecified atom stereocenters. The van der Waals surface area contributed by atoms with Gasteiger partial charge >= 0.3 is 0 Å². The van der Waals surface area contributed by atoms with Crippen LogP contribution in [0.2, 0.25) is 0 Å². The summed E-state index contributed by atoms with van der Waals surface area (Å²) in [6.45, 7) is 0. The molecule has 1 atom stereocenters. The van der Waals surface area contributed by atoms with Gasteiger partial charge in [-0.3, -0.25) is 4.99 Å². The highest BCUT2D eigenvalue weighted by atomic mass is 32.2. The number of hydrogen-bond donors (Lipinski definition) is 1. The van der Waals surface area contributed by atoms with Crippen molar-refractivity contribution >= 4 is 27.4 Å². The first-order chi connectivity index (χ1) is 16.1. The zero-order chi connectivity index (χ0) is 22.7. The van der Waals surface area contributed by atoms with Gasteiger partial charge in [-0.05, 0) is 48.0 Å². The molecule has 2 heterocycles. The van der Waals surface area contributed by atoms with E-state index >= 15 is 0 Å². The van der Waals surface area contributed by atoms with Crippen molar-refractivity contribution in [1.29, 1.82) is 0 Å². The number of anilines is 1. The summed E-state index contributed by atoms with van der Waals surface area (Å²) in [7, 11) is -3.80. The van der Waals surface area contributed by atoms with Gasteiger partial charge in [0.2, 0.25) is 5.95 Å². The van der Waals surface area contributed by atoms with Gasteiger partial charge in [-0.25, -0.2) is 23.1 Å². The van der Waals surface area contributed by atoms with Gasteiger partial charge in [0.05, 0.1) is 16.3 Å². The van der Waals surface area contributed by atoms with Crippen LogP contribution in [0, 0.1) is 0 Å². The van der Waals surface area contributed by atoms with E-state index in [2.05, 4.69) is 14.7 Å². The lowest BCUT2D eigenvalue weighted by Gasteiger charge is -2.27. The third-order valence-corrected chi connectivity index (χ3v) is 6.56. The molecule has 5 rings (SSSR count). The van der Waals surface area contributed by atoms with Crippen molar-refractivity contribution in [3.63, 3.8) is 0 Å². The Labute approximate surface area is 191 Å². The number of aromatic nitrogens is 2. The van der Waals surface area contributed by atoms with Crippen LogP contribution in [0.5, 0.6) is 5.75 Å². The molecule has 7 nitrogen and oxygen atoms in total. The molecule has 1 aliphatic rings. The Hall–Kier alpha value is -4.04. The maximum absolute atomic E-state index is 12.6. The van der Waals surface area contributed by atoms with E-state index in [-0.39, 0.29) is 16.9 Å². The average Bonchev–Trinajstić information content (AvgIpc) is 2.85. The van der Waals surface area contributed by atoms with Crippen molar-refractivity contribution in [3.8, 4) is 5.75 Å². The molecule has 33 heavy (non-hydrogen) atoms. The first-order valence-electron chi connectivity index (χ1n) is 10.4. The number of nitrogens with zero attached hydrogens (tertiary/aromatic N) is 3. The van der Waals surface area contributed by atoms with Crippen LogP contribution in [0.25, 0.3) is 0 Å². The van der Waals surface area contributed by atoms with Crippen LogP contribution >= 0.6 is 0 Å². The maximum Gasteiger partial charge on any atom is 0.264 e. The van der Waals surface area contributed by atoms with E-state index in [4.69, 9.17) is 9.73 Å². The quantitative estimate of drug-likeness (QED) is 0.460. The third kappa shape index (κ3) is 4.61. The second kappa shape index (κ2) is 8.84. The van der Waals surface area contributed by atoms with E-state index in [1.165, 1.54) is 24.5 Å². The highest BCUT2D eigenvalue weighted by Crippen LogP contribution is 2.36. The highest BCUT2D eigenvalue weighted by molar-refractivity contribution is 7.92. The summed E-state index contributed by atoms with van der Waals surface area (Å²) >= 11 is 0. The van der Waals surface area contributed by atoms with Crippen LogP contribution in [-0.2, 0) is 10.0 Å². The molecule has 0 saturated heterocycles. The largest absolute Gasteiger partial charge is 0.485 e. The number of ether oxygens (including phenoxy) is 1. The summed E-state index contributed by atoms with van der Waals surface area (Å²) in [4.78, 5) is 12.7. The average molecular weight is 457 g/mol. The van der Waals surface area contributed by atoms with Gasteiger partial charge in [0.25, 0.3) is 10.0 Å². The van der Waals surface area contributed by atoms with Crippen molar-refractivity contribution in [3.05, 3.63) is 108 Å². The van der Waals surface area contributed by atoms with Gasteiger partial charge in [-0.15, -0.1) is 0 Å². The predicted octanol–water partition coefficient (Wildman–Crippen LogP) is 4.92. The van der Waals surface area contributed by atoms with Crippen LogP contribution in [0.15, 0.2) is 107 Å². The minimum absolute atomic E-state index is 0.0209. The molecule has 8 heteroatoms. The van der Waals surface area contributed by atoms with Crippen molar-refractivity contribution in [2.45, 2.75) is 17.4 Å². The van der Waals surface area contributed by atoms with Crippen molar-refractivity contribution < 1.29 is 13.2 Å². The lowest BCUT2D eigenvalue weighted by atomic mass is 9.95. The van der Waals surface area contributed by atoms with E-state index < -0.39 is 10.0 Å². The molecule has 4 aromatic rings. The number of sulfonamides is 1. The van der Waals surface area contributed by atoms with Crippen LogP contribution in [-0.4, -0.2) is 24.1 Å². The number of rotatable bonds is 5. The number of benzene rings is 3. The zero-order valence-corrected chi connectivity index (χ0v) is 18.3. The van der Waals surface area contributed by atoms with Gasteiger partial charge in [0.1, 0.15) is 11.9 Å². The third-order valence-electron chi connectivity index (χ3n) is 5.22. The molecule has 1 aromatic heterocycles. The molecular weight excluding hydrogens is 436 g/mol. The first kappa shape index (κ1) is 20.8. The van der Waals surface area contributed by atoms with E-state index in [1.54, 1.807) is 18.2 Å². The second-order valence-electron chi connectivity index (χ2n) is 7.45. The van der Waals surface area contributed by atoms with Crippen molar-refractivity contribution in [2.24, 2.45) is 4.99 Å². The monoisotopic (exact) mass is 456 g/mol. The summed E-state index contributed by atoms with van der Waals surface area (Å²) in [5.41, 5.74) is 3.56. The topological polar surface area (TPSA) is 93.5 Å². The van der Waals surface area contributed by atoms with Gasteiger partial charge in [0.15, 0.2) is 0 Å². The molecule has 1 N–H and O–H groups in total. The lowest BCUT2D eigenvalue weighted by Crippen LogP contribution is -2.20. The minimum atomic E-state index is -3.80. The molecule has 0 radical (unpaired) electrons. The first-order valence-corrected chi connectivity index (χ1v) is 11.9. The Morgan fingerprint density at radius 1 is 0.848 bits per heavy atom. The number of hydrogen-bond acceptors (Lipinski definition) is 6. The number of fused-ring (bicyclic) bond motifs is 1. The van der Waals surface area contributed by atoms with Crippen molar-refractivity contribution in [2.75, 3.05) is 4.72 Å². The number of aliphatic imine (C=N–C) groups is 1. The van der Waals surface area contributed by atoms with E-state index in [0.29, 0.717) is 12.1 Å². The Balaban J connectivity index is 1.43. The Kier molecular flexibility index (Phi) is 5.58. The lowest BCUT2D eigenvalue weighted by molar-refractivity contribution is 0.206. The Morgan fingerprint density at radius 2 is 1.55 bits per heavy atom. The van der Waals surface area contributed by atoms with Gasteiger partial charge < -0.3 is 4.74 Å². The van der Waals surface area contributed by atoms with E-state index in [1.807, 2.05) is 54.6 Å². The normalized spacial score (nSPS) is 16.6. The standard InChI is InChI=1S/C25H20N4O3S/c30-33(31,29-25-26-15-6-16-27-25)20-13-11-19(12-14-20)28-22-17-24(18-7-2-1-3-8-18)32-23-10-5-4-9-21(22)23/h1-16,24H,17H2,(H,26,27,29). The molecule has 0 aliphatic carbocycles. The van der Waals surface area contributed by atoms with Gasteiger partial charge in [-0.2, -0.15) is 0 Å². The molecule has 0 saturated carbocycles. The number of para-hydroxylation sites is 1. The fourth-order valence-corrected chi connectivity index (χ4v) is 4.59. The minimum Gasteiger partial charge on any atom is -0.485 e. The molecule has 0 bridgehead atoms. The summed E-state index contributed by atoms with van der Waals surface area (Å²) in [5.74, 6) is 0.801. The molecular formula is C25H20N4O3S. The number of nitrogens with one attached hydrogen (secondary N) is 1. The summed E-state index contributed by atoms with van der Waals surface area (Å²) in [5, 5.41) is 0. The SMILES string of the molecule is O=S(=O)(Nc1ncccn1)c1ccc(N=C2CC(c3ccccc3)Oc3ccccc32)cc1. The van der Waals surface area contributed by atoms with Gasteiger partial charge in [-0.1, -0.05) is 42.5 Å². The highest BCUT2D eigenvalue weighted by Gasteiger charge is 2.26. The van der Waals surface area contributed by atoms with Crippen LogP contribution < -0.4 is 9.46 Å². The summed E-state index contributed by atoms with van der Waals surface area (Å²) < 4.78 is 33.8. The molecule has 1 aliphatic heterocycles. The van der Waals surface area contributed by atoms with Crippen LogP contribution in [0.3, 0.4) is 0 Å². The molecule has 0 spiro atoms. The molecule has 0 fully saturated rings. The maximum atomic E-state index is 12.6. The fourth-order valence-electron chi connectivity index (χ4n) is 3.63. The second-order valence-corrected chi connectivity index (χ2v) is 9.13. The van der Waals surface area contributed by atoms with Crippen molar-refractivity contribution in [1.82, 2.24) is 9.97 Å². The molecule has 0 amide bonds. The smallest absolute Gasteiger partial charge is 0.264 e. The van der Waals surface area contributed by atoms with Gasteiger partial charge in [0, 0.05) is 24.4 Å². The summed E-state index contributed by atoms with van der Waals surface area (Å²) in [6.07, 6.45) is 3.40. The van der Waals surface area contributed by atoms with E-state index in [9.17, 15) is 8.42 Å².